The molecule has 294 valence electrons. The van der Waals surface area contributed by atoms with Gasteiger partial charge in [0.1, 0.15) is 11.2 Å². The molecule has 13 rings (SSSR count). The number of benzene rings is 9. The van der Waals surface area contributed by atoms with Crippen molar-refractivity contribution in [3.05, 3.63) is 217 Å². The van der Waals surface area contributed by atoms with E-state index in [1.807, 2.05) is 0 Å². The van der Waals surface area contributed by atoms with Crippen molar-refractivity contribution in [3.63, 3.8) is 0 Å². The van der Waals surface area contributed by atoms with Crippen LogP contribution in [0.2, 0.25) is 0 Å². The molecule has 1 saturated carbocycles. The molecule has 0 bridgehead atoms. The molecule has 62 heavy (non-hydrogen) atoms. The first-order valence-electron chi connectivity index (χ1n) is 21.9. The number of aromatic nitrogens is 1. The first-order valence-corrected chi connectivity index (χ1v) is 21.9. The average Bonchev–Trinajstić information content (AvgIpc) is 3.86. The van der Waals surface area contributed by atoms with Crippen molar-refractivity contribution in [2.45, 2.75) is 19.4 Å². The van der Waals surface area contributed by atoms with Crippen LogP contribution in [0.1, 0.15) is 36.1 Å². The molecule has 0 radical (unpaired) electrons. The zero-order valence-electron chi connectivity index (χ0n) is 34.4. The zero-order chi connectivity index (χ0) is 40.9. The van der Waals surface area contributed by atoms with Crippen LogP contribution in [0.3, 0.4) is 0 Å². The number of hydrogen-bond donors (Lipinski definition) is 0. The van der Waals surface area contributed by atoms with Crippen molar-refractivity contribution >= 4 is 76.6 Å². The Morgan fingerprint density at radius 1 is 0.516 bits per heavy atom. The summed E-state index contributed by atoms with van der Waals surface area (Å²) in [5, 5.41) is 9.76. The molecule has 1 aliphatic heterocycles. The summed E-state index contributed by atoms with van der Waals surface area (Å²) in [5.41, 5.74) is 13.9. The van der Waals surface area contributed by atoms with Gasteiger partial charge >= 0.3 is 0 Å². The SMILES string of the molecule is CC1/C(c2ccc3ccccc3c2)=C/C2C[C@H]2/C(c2cc(-n3c4ccccc4c4cc5ccccc5cc43)cc3oc4ccccc4c23)=N\C1c1ccc(-c2ccccc2)cc1. The second-order valence-electron chi connectivity index (χ2n) is 17.5. The molecule has 2 aromatic heterocycles. The molecule has 4 atom stereocenters. The Balaban J connectivity index is 1.05. The smallest absolute Gasteiger partial charge is 0.138 e. The highest BCUT2D eigenvalue weighted by atomic mass is 16.3. The zero-order valence-corrected chi connectivity index (χ0v) is 34.4. The van der Waals surface area contributed by atoms with Gasteiger partial charge in [-0.05, 0) is 98.1 Å². The first-order chi connectivity index (χ1) is 30.6. The fourth-order valence-corrected chi connectivity index (χ4v) is 10.6. The minimum atomic E-state index is -0.120. The van der Waals surface area contributed by atoms with E-state index in [9.17, 15) is 0 Å². The molecule has 2 aliphatic rings. The van der Waals surface area contributed by atoms with Crippen molar-refractivity contribution in [3.8, 4) is 16.8 Å². The van der Waals surface area contributed by atoms with Gasteiger partial charge in [0, 0.05) is 50.7 Å². The standard InChI is InChI=1S/C59H42N2O/c1-36-49(44-28-25-38-15-5-6-16-41(38)29-44)31-45-32-50(45)59(60-58(36)40-26-23-39(24-27-40)37-13-3-2-4-14-37)52-34-46(35-56-57(52)48-20-10-12-22-55(48)62-56)61-53-21-11-9-19-47(53)51-30-42-17-7-8-18-43(42)33-54(51)61/h2-31,33-36,45,50,58H,32H2,1H3/b49-31-,60-59+/t36?,45?,50-,58?/m1/s1. The highest BCUT2D eigenvalue weighted by molar-refractivity contribution is 6.21. The molecule has 0 N–H and O–H groups in total. The highest BCUT2D eigenvalue weighted by Crippen LogP contribution is 2.52. The molecule has 9 aromatic carbocycles. The normalized spacial score (nSPS) is 20.5. The lowest BCUT2D eigenvalue weighted by Gasteiger charge is -2.28. The number of rotatable bonds is 5. The molecule has 0 saturated heterocycles. The summed E-state index contributed by atoms with van der Waals surface area (Å²) in [6.45, 7) is 2.39. The second kappa shape index (κ2) is 13.8. The molecular weight excluding hydrogens is 753 g/mol. The van der Waals surface area contributed by atoms with E-state index >= 15 is 0 Å². The summed E-state index contributed by atoms with van der Waals surface area (Å²) in [7, 11) is 0. The third-order valence-electron chi connectivity index (χ3n) is 13.8. The molecular formula is C59H42N2O. The Morgan fingerprint density at radius 3 is 2.00 bits per heavy atom. The van der Waals surface area contributed by atoms with E-state index in [2.05, 4.69) is 212 Å². The van der Waals surface area contributed by atoms with Crippen LogP contribution in [-0.2, 0) is 0 Å². The van der Waals surface area contributed by atoms with E-state index < -0.39 is 0 Å². The van der Waals surface area contributed by atoms with Gasteiger partial charge in [-0.15, -0.1) is 0 Å². The van der Waals surface area contributed by atoms with Crippen LogP contribution < -0.4 is 0 Å². The molecule has 11 aromatic rings. The summed E-state index contributed by atoms with van der Waals surface area (Å²) in [5.74, 6) is 0.773. The third kappa shape index (κ3) is 5.62. The van der Waals surface area contributed by atoms with E-state index in [0.29, 0.717) is 5.92 Å². The van der Waals surface area contributed by atoms with E-state index in [1.165, 1.54) is 82.5 Å². The minimum absolute atomic E-state index is 0.112. The van der Waals surface area contributed by atoms with Gasteiger partial charge in [0.2, 0.25) is 0 Å². The van der Waals surface area contributed by atoms with Gasteiger partial charge in [0.25, 0.3) is 0 Å². The molecule has 3 heterocycles. The lowest BCUT2D eigenvalue weighted by molar-refractivity contribution is 0.577. The molecule has 0 amide bonds. The summed E-state index contributed by atoms with van der Waals surface area (Å²) in [6, 6.07) is 70.8. The minimum Gasteiger partial charge on any atom is -0.456 e. The van der Waals surface area contributed by atoms with Crippen LogP contribution in [0.25, 0.3) is 87.7 Å². The van der Waals surface area contributed by atoms with Gasteiger partial charge < -0.3 is 8.98 Å². The number of furan rings is 1. The van der Waals surface area contributed by atoms with Crippen molar-refractivity contribution in [2.24, 2.45) is 22.7 Å². The van der Waals surface area contributed by atoms with Gasteiger partial charge in [0.05, 0.1) is 22.8 Å². The van der Waals surface area contributed by atoms with Crippen molar-refractivity contribution in [1.29, 1.82) is 0 Å². The lowest BCUT2D eigenvalue weighted by Crippen LogP contribution is -2.18. The van der Waals surface area contributed by atoms with Crippen LogP contribution in [0.4, 0.5) is 0 Å². The summed E-state index contributed by atoms with van der Waals surface area (Å²) in [6.07, 6.45) is 3.66. The average molecular weight is 795 g/mol. The molecule has 0 spiro atoms. The topological polar surface area (TPSA) is 30.4 Å². The first kappa shape index (κ1) is 35.3. The predicted molar refractivity (Wildman–Crippen MR) is 259 cm³/mol. The van der Waals surface area contributed by atoms with Crippen LogP contribution in [-0.4, -0.2) is 10.3 Å². The predicted octanol–water partition coefficient (Wildman–Crippen LogP) is 15.6. The van der Waals surface area contributed by atoms with Gasteiger partial charge in [-0.25, -0.2) is 0 Å². The van der Waals surface area contributed by atoms with Crippen molar-refractivity contribution in [1.82, 2.24) is 4.57 Å². The van der Waals surface area contributed by atoms with Crippen LogP contribution in [0, 0.1) is 17.8 Å². The Labute approximate surface area is 359 Å². The van der Waals surface area contributed by atoms with E-state index in [4.69, 9.17) is 9.41 Å². The quantitative estimate of drug-likeness (QED) is 0.171. The third-order valence-corrected chi connectivity index (χ3v) is 13.8. The number of aliphatic imine (C=N–C) groups is 1. The maximum atomic E-state index is 6.84. The maximum Gasteiger partial charge on any atom is 0.138 e. The number of allylic oxidation sites excluding steroid dienone is 1. The highest BCUT2D eigenvalue weighted by Gasteiger charge is 2.44. The van der Waals surface area contributed by atoms with Crippen molar-refractivity contribution in [2.75, 3.05) is 0 Å². The van der Waals surface area contributed by atoms with Crippen LogP contribution in [0.15, 0.2) is 210 Å². The van der Waals surface area contributed by atoms with E-state index in [0.717, 1.165) is 34.0 Å². The largest absolute Gasteiger partial charge is 0.456 e. The number of nitrogens with zero attached hydrogens (tertiary/aromatic N) is 2. The Hall–Kier alpha value is -7.49. The van der Waals surface area contributed by atoms with Crippen LogP contribution in [0.5, 0.6) is 0 Å². The van der Waals surface area contributed by atoms with Gasteiger partial charge in [-0.3, -0.25) is 4.99 Å². The van der Waals surface area contributed by atoms with E-state index in [-0.39, 0.29) is 17.9 Å². The molecule has 3 nitrogen and oxygen atoms in total. The van der Waals surface area contributed by atoms with Crippen molar-refractivity contribution < 1.29 is 4.42 Å². The summed E-state index contributed by atoms with van der Waals surface area (Å²) in [4.78, 5) is 6.07. The van der Waals surface area contributed by atoms with Gasteiger partial charge in [-0.1, -0.05) is 165 Å². The Kier molecular flexibility index (Phi) is 7.84. The lowest BCUT2D eigenvalue weighted by atomic mass is 9.82. The molecule has 3 unspecified atom stereocenters. The maximum absolute atomic E-state index is 6.84. The fraction of sp³-hybridized carbons (Fsp3) is 0.102. The summed E-state index contributed by atoms with van der Waals surface area (Å²) >= 11 is 0. The Bertz CT molecular complexity index is 3640. The monoisotopic (exact) mass is 794 g/mol. The summed E-state index contributed by atoms with van der Waals surface area (Å²) < 4.78 is 9.29. The Morgan fingerprint density at radius 2 is 1.18 bits per heavy atom. The van der Waals surface area contributed by atoms with Crippen LogP contribution >= 0.6 is 0 Å². The number of hydrogen-bond acceptors (Lipinski definition) is 2. The molecule has 3 heteroatoms. The number of fused-ring (bicyclic) bond motifs is 9. The van der Waals surface area contributed by atoms with Gasteiger partial charge in [0.15, 0.2) is 0 Å². The molecule has 1 fully saturated rings. The molecule has 1 aliphatic carbocycles. The van der Waals surface area contributed by atoms with E-state index in [1.54, 1.807) is 0 Å². The number of para-hydroxylation sites is 2. The second-order valence-corrected chi connectivity index (χ2v) is 17.5. The fourth-order valence-electron chi connectivity index (χ4n) is 10.6. The van der Waals surface area contributed by atoms with Gasteiger partial charge in [-0.2, -0.15) is 0 Å².